The minimum absolute atomic E-state index is 0.0602. The smallest absolute Gasteiger partial charge is 0.343 e. The molecule has 0 amide bonds. The van der Waals surface area contributed by atoms with E-state index < -0.39 is 50.5 Å². The van der Waals surface area contributed by atoms with Crippen LogP contribution in [0.5, 0.6) is 0 Å². The van der Waals surface area contributed by atoms with E-state index in [1.807, 2.05) is 0 Å². The zero-order valence-corrected chi connectivity index (χ0v) is 15.2. The van der Waals surface area contributed by atoms with E-state index in [0.717, 1.165) is 24.5 Å². The predicted octanol–water partition coefficient (Wildman–Crippen LogP) is 4.55. The molecule has 1 N–H and O–H groups in total. The molecular weight excluding hydrogens is 408 g/mol. The maximum absolute atomic E-state index is 13.8. The summed E-state index contributed by atoms with van der Waals surface area (Å²) in [6, 6.07) is 2.64. The fourth-order valence-corrected chi connectivity index (χ4v) is 2.34. The predicted molar refractivity (Wildman–Crippen MR) is 93.2 cm³/mol. The van der Waals surface area contributed by atoms with Crippen molar-refractivity contribution < 1.29 is 27.5 Å². The number of halogens is 5. The maximum Gasteiger partial charge on any atom is 0.343 e. The molecular formula is C17H11Cl2F3N2O3. The van der Waals surface area contributed by atoms with Crippen LogP contribution in [-0.2, 0) is 9.53 Å². The molecule has 27 heavy (non-hydrogen) atoms. The lowest BCUT2D eigenvalue weighted by atomic mass is 10.1. The van der Waals surface area contributed by atoms with Crippen LogP contribution in [0.4, 0.5) is 18.9 Å². The first-order chi connectivity index (χ1) is 12.8. The topological polar surface area (TPSA) is 68.3 Å². The fourth-order valence-electron chi connectivity index (χ4n) is 1.93. The Labute approximate surface area is 161 Å². The van der Waals surface area contributed by atoms with Crippen molar-refractivity contribution in [2.24, 2.45) is 0 Å². The number of carbonyl (C=O) groups is 2. The number of carbonyl (C=O) groups excluding carboxylic acids is 2. The van der Waals surface area contributed by atoms with Gasteiger partial charge in [0.25, 0.3) is 0 Å². The standard InChI is InChI=1S/C17H11Cl2F3N2O3/c1-2-27-17(26)10(7-23-12-4-3-8(20)5-11(12)21)15(25)9-6-24-16(19)14(22)13(9)18/h3-7,23H,2H2,1H3. The van der Waals surface area contributed by atoms with Crippen LogP contribution in [-0.4, -0.2) is 23.3 Å². The van der Waals surface area contributed by atoms with Crippen LogP contribution in [0.25, 0.3) is 0 Å². The summed E-state index contributed by atoms with van der Waals surface area (Å²) in [5, 5.41) is 1.18. The molecule has 1 heterocycles. The number of anilines is 1. The average Bonchev–Trinajstić information content (AvgIpc) is 2.61. The average molecular weight is 419 g/mol. The van der Waals surface area contributed by atoms with Crippen LogP contribution >= 0.6 is 23.2 Å². The van der Waals surface area contributed by atoms with Gasteiger partial charge in [0.1, 0.15) is 17.2 Å². The van der Waals surface area contributed by atoms with E-state index in [4.69, 9.17) is 27.9 Å². The van der Waals surface area contributed by atoms with Crippen molar-refractivity contribution in [2.75, 3.05) is 11.9 Å². The maximum atomic E-state index is 13.8. The minimum Gasteiger partial charge on any atom is -0.462 e. The Morgan fingerprint density at radius 1 is 1.26 bits per heavy atom. The first-order valence-electron chi connectivity index (χ1n) is 7.39. The molecule has 0 fully saturated rings. The molecule has 0 saturated carbocycles. The van der Waals surface area contributed by atoms with Gasteiger partial charge in [0.15, 0.2) is 11.0 Å². The van der Waals surface area contributed by atoms with Crippen molar-refractivity contribution in [1.29, 1.82) is 0 Å². The number of ketones is 1. The van der Waals surface area contributed by atoms with Crippen molar-refractivity contribution >= 4 is 40.6 Å². The normalized spacial score (nSPS) is 11.3. The molecule has 2 aromatic rings. The van der Waals surface area contributed by atoms with Crippen molar-refractivity contribution in [3.63, 3.8) is 0 Å². The van der Waals surface area contributed by atoms with Gasteiger partial charge in [0.05, 0.1) is 22.9 Å². The summed E-state index contributed by atoms with van der Waals surface area (Å²) in [6.45, 7) is 1.44. The van der Waals surface area contributed by atoms with E-state index >= 15 is 0 Å². The molecule has 1 aromatic carbocycles. The number of aromatic nitrogens is 1. The number of rotatable bonds is 6. The Kier molecular flexibility index (Phi) is 6.81. The van der Waals surface area contributed by atoms with E-state index in [2.05, 4.69) is 10.3 Å². The molecule has 1 aromatic heterocycles. The highest BCUT2D eigenvalue weighted by Crippen LogP contribution is 2.26. The molecule has 0 atom stereocenters. The van der Waals surface area contributed by atoms with Gasteiger partial charge in [-0.25, -0.2) is 22.9 Å². The summed E-state index contributed by atoms with van der Waals surface area (Å²) in [5.41, 5.74) is -1.26. The number of hydrogen-bond acceptors (Lipinski definition) is 5. The molecule has 0 unspecified atom stereocenters. The number of ether oxygens (including phenoxy) is 1. The van der Waals surface area contributed by atoms with E-state index in [1.165, 1.54) is 6.92 Å². The summed E-state index contributed by atoms with van der Waals surface area (Å²) in [6.07, 6.45) is 1.74. The van der Waals surface area contributed by atoms with Gasteiger partial charge in [0, 0.05) is 18.5 Å². The second-order valence-corrected chi connectivity index (χ2v) is 5.70. The van der Waals surface area contributed by atoms with Crippen LogP contribution < -0.4 is 5.32 Å². The minimum atomic E-state index is -1.13. The van der Waals surface area contributed by atoms with E-state index in [-0.39, 0.29) is 12.3 Å². The van der Waals surface area contributed by atoms with Crippen molar-refractivity contribution in [1.82, 2.24) is 4.98 Å². The van der Waals surface area contributed by atoms with Crippen LogP contribution in [0.2, 0.25) is 10.2 Å². The van der Waals surface area contributed by atoms with Gasteiger partial charge in [0.2, 0.25) is 5.78 Å². The van der Waals surface area contributed by atoms with Gasteiger partial charge in [-0.15, -0.1) is 0 Å². The lowest BCUT2D eigenvalue weighted by Crippen LogP contribution is -2.18. The lowest BCUT2D eigenvalue weighted by molar-refractivity contribution is -0.138. The first kappa shape index (κ1) is 20.7. The molecule has 142 valence electrons. The molecule has 0 spiro atoms. The number of pyridine rings is 1. The van der Waals surface area contributed by atoms with Crippen LogP contribution in [0.3, 0.4) is 0 Å². The van der Waals surface area contributed by atoms with Crippen LogP contribution in [0, 0.1) is 17.5 Å². The number of Topliss-reactive ketones (excluding diaryl/α,β-unsaturated/α-hetero) is 1. The quantitative estimate of drug-likeness (QED) is 0.186. The zero-order chi connectivity index (χ0) is 20.1. The number of benzene rings is 1. The molecule has 0 aliphatic rings. The van der Waals surface area contributed by atoms with E-state index in [1.54, 1.807) is 0 Å². The second kappa shape index (κ2) is 8.88. The monoisotopic (exact) mass is 418 g/mol. The van der Waals surface area contributed by atoms with Gasteiger partial charge in [-0.3, -0.25) is 4.79 Å². The third-order valence-electron chi connectivity index (χ3n) is 3.21. The summed E-state index contributed by atoms with van der Waals surface area (Å²) >= 11 is 11.2. The highest BCUT2D eigenvalue weighted by molar-refractivity contribution is 6.38. The third kappa shape index (κ3) is 4.78. The van der Waals surface area contributed by atoms with Gasteiger partial charge in [-0.05, 0) is 19.1 Å². The van der Waals surface area contributed by atoms with Gasteiger partial charge in [-0.1, -0.05) is 23.2 Å². The fraction of sp³-hybridized carbons (Fsp3) is 0.118. The van der Waals surface area contributed by atoms with Gasteiger partial charge in [-0.2, -0.15) is 0 Å². The molecule has 0 saturated heterocycles. The Morgan fingerprint density at radius 3 is 2.59 bits per heavy atom. The molecule has 5 nitrogen and oxygen atoms in total. The summed E-state index contributed by atoms with van der Waals surface area (Å²) < 4.78 is 45.2. The van der Waals surface area contributed by atoms with Gasteiger partial charge >= 0.3 is 5.97 Å². The number of nitrogens with one attached hydrogen (secondary N) is 1. The Morgan fingerprint density at radius 2 is 1.96 bits per heavy atom. The second-order valence-electron chi connectivity index (χ2n) is 4.97. The number of esters is 1. The third-order valence-corrected chi connectivity index (χ3v) is 3.84. The summed E-state index contributed by atoms with van der Waals surface area (Å²) in [4.78, 5) is 28.2. The van der Waals surface area contributed by atoms with Crippen molar-refractivity contribution in [3.05, 3.63) is 69.4 Å². The first-order valence-corrected chi connectivity index (χ1v) is 8.14. The van der Waals surface area contributed by atoms with Crippen LogP contribution in [0.15, 0.2) is 36.2 Å². The van der Waals surface area contributed by atoms with Gasteiger partial charge < -0.3 is 10.1 Å². The Bertz CT molecular complexity index is 936. The zero-order valence-electron chi connectivity index (χ0n) is 13.7. The Hall–Kier alpha value is -2.58. The highest BCUT2D eigenvalue weighted by atomic mass is 35.5. The summed E-state index contributed by atoms with van der Waals surface area (Å²) in [7, 11) is 0. The highest BCUT2D eigenvalue weighted by Gasteiger charge is 2.26. The largest absolute Gasteiger partial charge is 0.462 e. The molecule has 0 bridgehead atoms. The Balaban J connectivity index is 2.43. The van der Waals surface area contributed by atoms with Crippen molar-refractivity contribution in [2.45, 2.75) is 6.92 Å². The molecule has 0 radical (unpaired) electrons. The van der Waals surface area contributed by atoms with Crippen molar-refractivity contribution in [3.8, 4) is 0 Å². The lowest BCUT2D eigenvalue weighted by Gasteiger charge is -2.10. The van der Waals surface area contributed by atoms with E-state index in [0.29, 0.717) is 6.07 Å². The molecule has 10 heteroatoms. The summed E-state index contributed by atoms with van der Waals surface area (Å²) in [5.74, 6) is -5.00. The molecule has 0 aliphatic heterocycles. The number of hydrogen-bond donors (Lipinski definition) is 1. The van der Waals surface area contributed by atoms with Crippen LogP contribution in [0.1, 0.15) is 17.3 Å². The molecule has 0 aliphatic carbocycles. The van der Waals surface area contributed by atoms with E-state index in [9.17, 15) is 22.8 Å². The molecule has 2 rings (SSSR count). The SMILES string of the molecule is CCOC(=O)C(=CNc1ccc(F)cc1F)C(=O)c1cnc(Cl)c(F)c1Cl. The number of nitrogens with zero attached hydrogens (tertiary/aromatic N) is 1.